The van der Waals surface area contributed by atoms with Crippen molar-refractivity contribution in [3.05, 3.63) is 89.7 Å². The molecular weight excluding hydrogens is 637 g/mol. The summed E-state index contributed by atoms with van der Waals surface area (Å²) in [7, 11) is -2.35. The van der Waals surface area contributed by atoms with E-state index in [1.807, 2.05) is 44.2 Å². The molecule has 1 heterocycles. The molecular formula is C36H46FN3O7S. The first-order valence-corrected chi connectivity index (χ1v) is 17.8. The summed E-state index contributed by atoms with van der Waals surface area (Å²) in [5.41, 5.74) is 1.16. The zero-order valence-corrected chi connectivity index (χ0v) is 28.8. The number of amides is 2. The molecule has 12 heteroatoms. The minimum atomic E-state index is -4.09. The molecule has 48 heavy (non-hydrogen) atoms. The average molecular weight is 684 g/mol. The topological polar surface area (TPSA) is 125 Å². The lowest BCUT2D eigenvalue weighted by Crippen LogP contribution is -2.48. The van der Waals surface area contributed by atoms with Gasteiger partial charge in [-0.3, -0.25) is 14.3 Å². The van der Waals surface area contributed by atoms with Gasteiger partial charge >= 0.3 is 0 Å². The maximum absolute atomic E-state index is 14.3. The summed E-state index contributed by atoms with van der Waals surface area (Å²) in [5, 5.41) is 10.2. The van der Waals surface area contributed by atoms with Crippen LogP contribution in [0, 0.1) is 11.7 Å². The third-order valence-electron chi connectivity index (χ3n) is 8.51. The van der Waals surface area contributed by atoms with E-state index in [2.05, 4.69) is 4.72 Å². The van der Waals surface area contributed by atoms with E-state index in [-0.39, 0.29) is 59.4 Å². The molecule has 0 radical (unpaired) electrons. The summed E-state index contributed by atoms with van der Waals surface area (Å²) < 4.78 is 54.7. The number of fused-ring (bicyclic) bond motifs is 1. The highest BCUT2D eigenvalue weighted by Crippen LogP contribution is 2.29. The number of nitrogens with zero attached hydrogens (tertiary/aromatic N) is 2. The number of hydrogen-bond acceptors (Lipinski definition) is 7. The van der Waals surface area contributed by atoms with Crippen LogP contribution in [0.3, 0.4) is 0 Å². The fourth-order valence-corrected chi connectivity index (χ4v) is 6.60. The average Bonchev–Trinajstić information content (AvgIpc) is 3.06. The Kier molecular flexibility index (Phi) is 13.0. The Morgan fingerprint density at radius 1 is 1.08 bits per heavy atom. The molecule has 0 unspecified atom stereocenters. The van der Waals surface area contributed by atoms with Crippen molar-refractivity contribution in [2.45, 2.75) is 69.6 Å². The normalized spacial score (nSPS) is 20.2. The maximum atomic E-state index is 14.3. The predicted octanol–water partition coefficient (Wildman–Crippen LogP) is 5.12. The van der Waals surface area contributed by atoms with Gasteiger partial charge in [-0.25, -0.2) is 12.8 Å². The Labute approximate surface area is 282 Å². The molecule has 3 aromatic rings. The smallest absolute Gasteiger partial charge is 0.261 e. The molecule has 260 valence electrons. The van der Waals surface area contributed by atoms with Crippen LogP contribution in [0.2, 0.25) is 0 Å². The minimum absolute atomic E-state index is 0.0522. The van der Waals surface area contributed by atoms with Crippen molar-refractivity contribution in [2.75, 3.05) is 38.1 Å². The number of aliphatic hydroxyl groups is 1. The van der Waals surface area contributed by atoms with Crippen LogP contribution in [0.1, 0.15) is 56.0 Å². The Morgan fingerprint density at radius 2 is 1.79 bits per heavy atom. The van der Waals surface area contributed by atoms with Gasteiger partial charge in [0.15, 0.2) is 0 Å². The number of sulfonamides is 1. The van der Waals surface area contributed by atoms with Crippen molar-refractivity contribution >= 4 is 27.5 Å². The molecule has 4 rings (SSSR count). The van der Waals surface area contributed by atoms with Gasteiger partial charge in [0.2, 0.25) is 5.91 Å². The number of carbonyl (C=O) groups excluding carboxylic acids is 2. The largest absolute Gasteiger partial charge is 0.490 e. The van der Waals surface area contributed by atoms with Crippen LogP contribution in [-0.2, 0) is 26.0 Å². The van der Waals surface area contributed by atoms with Crippen molar-refractivity contribution in [2.24, 2.45) is 5.92 Å². The van der Waals surface area contributed by atoms with Crippen LogP contribution in [0.25, 0.3) is 0 Å². The van der Waals surface area contributed by atoms with Crippen molar-refractivity contribution < 1.29 is 37.0 Å². The first-order valence-electron chi connectivity index (χ1n) is 16.3. The van der Waals surface area contributed by atoms with E-state index < -0.39 is 33.9 Å². The summed E-state index contributed by atoms with van der Waals surface area (Å²) in [6, 6.07) is 17.8. The number of ether oxygens (including phenoxy) is 2. The number of anilines is 1. The number of benzene rings is 3. The summed E-state index contributed by atoms with van der Waals surface area (Å²) in [4.78, 5) is 30.5. The van der Waals surface area contributed by atoms with Crippen molar-refractivity contribution in [3.63, 3.8) is 0 Å². The molecule has 10 nitrogen and oxygen atoms in total. The lowest BCUT2D eigenvalue weighted by atomic mass is 10.0. The molecule has 2 amide bonds. The van der Waals surface area contributed by atoms with Crippen molar-refractivity contribution in [1.29, 1.82) is 0 Å². The number of nitrogens with one attached hydrogen (secondary N) is 1. The number of carbonyl (C=O) groups is 2. The molecule has 1 aliphatic rings. The van der Waals surface area contributed by atoms with Crippen LogP contribution in [0.4, 0.5) is 10.1 Å². The third kappa shape index (κ3) is 10.0. The SMILES string of the molecule is C[C@@H]1CCCCO[C@H](CN(C)C(=O)Cc2ccccc2)[C@@H](C)CN([C@H](C)CO)C(=O)c2cc(NS(=O)(=O)c3ccc(F)cc3)ccc2O1. The summed E-state index contributed by atoms with van der Waals surface area (Å²) >= 11 is 0. The third-order valence-corrected chi connectivity index (χ3v) is 9.90. The molecule has 0 aromatic heterocycles. The molecule has 0 fully saturated rings. The zero-order chi connectivity index (χ0) is 34.8. The van der Waals surface area contributed by atoms with Gasteiger partial charge < -0.3 is 24.4 Å². The van der Waals surface area contributed by atoms with E-state index in [1.54, 1.807) is 24.9 Å². The number of likely N-dealkylation sites (N-methyl/N-ethyl adjacent to an activating group) is 1. The van der Waals surface area contributed by atoms with Gasteiger partial charge in [-0.15, -0.1) is 0 Å². The van der Waals surface area contributed by atoms with Crippen LogP contribution in [-0.4, -0.2) is 86.7 Å². The van der Waals surface area contributed by atoms with Gasteiger partial charge in [0.05, 0.1) is 41.7 Å². The van der Waals surface area contributed by atoms with Gasteiger partial charge in [0.1, 0.15) is 11.6 Å². The Morgan fingerprint density at radius 3 is 2.48 bits per heavy atom. The molecule has 0 bridgehead atoms. The maximum Gasteiger partial charge on any atom is 0.261 e. The van der Waals surface area contributed by atoms with Gasteiger partial charge in [-0.1, -0.05) is 37.3 Å². The summed E-state index contributed by atoms with van der Waals surface area (Å²) in [5.74, 6) is -1.04. The van der Waals surface area contributed by atoms with Gasteiger partial charge in [0.25, 0.3) is 15.9 Å². The van der Waals surface area contributed by atoms with E-state index in [0.717, 1.165) is 42.7 Å². The van der Waals surface area contributed by atoms with Crippen LogP contribution < -0.4 is 9.46 Å². The Bertz CT molecular complexity index is 1620. The number of halogens is 1. The Hall–Kier alpha value is -4.00. The molecule has 0 spiro atoms. The van der Waals surface area contributed by atoms with Gasteiger partial charge in [-0.05, 0) is 81.1 Å². The first-order chi connectivity index (χ1) is 22.9. The van der Waals surface area contributed by atoms with E-state index in [1.165, 1.54) is 17.0 Å². The quantitative estimate of drug-likeness (QED) is 0.321. The molecule has 4 atom stereocenters. The second-order valence-corrected chi connectivity index (χ2v) is 14.2. The first kappa shape index (κ1) is 36.8. The highest BCUT2D eigenvalue weighted by atomic mass is 32.2. The molecule has 0 aliphatic carbocycles. The number of rotatable bonds is 9. The zero-order valence-electron chi connectivity index (χ0n) is 28.0. The fourth-order valence-electron chi connectivity index (χ4n) is 5.55. The second kappa shape index (κ2) is 16.9. The standard InChI is InChI=1S/C36H46FN3O7S/c1-25-22-40(26(2)24-41)36(43)32-21-30(38-48(44,45)31-16-13-29(37)14-17-31)15-18-33(32)47-27(3)10-8-9-19-46-34(25)23-39(4)35(42)20-28-11-6-5-7-12-28/h5-7,11-18,21,25-27,34,38,41H,8-10,19-20,22-24H2,1-4H3/t25-,26+,27+,34+/m0/s1. The van der Waals surface area contributed by atoms with Crippen LogP contribution in [0.5, 0.6) is 5.75 Å². The van der Waals surface area contributed by atoms with Gasteiger partial charge in [0, 0.05) is 38.3 Å². The highest BCUT2D eigenvalue weighted by Gasteiger charge is 2.31. The van der Waals surface area contributed by atoms with Crippen LogP contribution in [0.15, 0.2) is 77.7 Å². The number of aliphatic hydroxyl groups excluding tert-OH is 1. The molecule has 0 saturated heterocycles. The molecule has 3 aromatic carbocycles. The van der Waals surface area contributed by atoms with E-state index >= 15 is 0 Å². The van der Waals surface area contributed by atoms with Crippen molar-refractivity contribution in [1.82, 2.24) is 9.80 Å². The fraction of sp³-hybridized carbons (Fsp3) is 0.444. The second-order valence-electron chi connectivity index (χ2n) is 12.5. The molecule has 0 saturated carbocycles. The molecule has 2 N–H and O–H groups in total. The lowest BCUT2D eigenvalue weighted by Gasteiger charge is -2.36. The minimum Gasteiger partial charge on any atom is -0.490 e. The summed E-state index contributed by atoms with van der Waals surface area (Å²) in [6.45, 7) is 6.23. The van der Waals surface area contributed by atoms with E-state index in [4.69, 9.17) is 9.47 Å². The van der Waals surface area contributed by atoms with Crippen molar-refractivity contribution in [3.8, 4) is 5.75 Å². The summed E-state index contributed by atoms with van der Waals surface area (Å²) in [6.07, 6.45) is 1.85. The van der Waals surface area contributed by atoms with E-state index in [9.17, 15) is 27.5 Å². The van der Waals surface area contributed by atoms with Gasteiger partial charge in [-0.2, -0.15) is 0 Å². The van der Waals surface area contributed by atoms with E-state index in [0.29, 0.717) is 19.6 Å². The highest BCUT2D eigenvalue weighted by molar-refractivity contribution is 7.92. The monoisotopic (exact) mass is 683 g/mol. The lowest BCUT2D eigenvalue weighted by molar-refractivity contribution is -0.131. The predicted molar refractivity (Wildman–Crippen MR) is 182 cm³/mol. The number of hydrogen-bond donors (Lipinski definition) is 2. The molecule has 1 aliphatic heterocycles. The van der Waals surface area contributed by atoms with Crippen LogP contribution >= 0.6 is 0 Å². The Balaban J connectivity index is 1.63.